The van der Waals surface area contributed by atoms with Gasteiger partial charge in [-0.1, -0.05) is 0 Å². The molecule has 0 saturated carbocycles. The Labute approximate surface area is 122 Å². The molecular formula is C16H18FNO3. The number of hydrogen-bond donors (Lipinski definition) is 1. The van der Waals surface area contributed by atoms with E-state index in [4.69, 9.17) is 14.9 Å². The minimum absolute atomic E-state index is 0.238. The third kappa shape index (κ3) is 3.07. The average Bonchev–Trinajstić information content (AvgIpc) is 2.94. The van der Waals surface area contributed by atoms with E-state index in [0.717, 1.165) is 0 Å². The van der Waals surface area contributed by atoms with Crippen molar-refractivity contribution in [1.82, 2.24) is 0 Å². The number of ether oxygens (including phenoxy) is 1. The van der Waals surface area contributed by atoms with Crippen LogP contribution in [0.5, 0.6) is 0 Å². The first-order valence-corrected chi connectivity index (χ1v) is 6.72. The summed E-state index contributed by atoms with van der Waals surface area (Å²) in [6.07, 6.45) is 1.77. The molecule has 2 aromatic rings. The number of anilines is 1. The summed E-state index contributed by atoms with van der Waals surface area (Å²) >= 11 is 0. The van der Waals surface area contributed by atoms with E-state index in [1.165, 1.54) is 24.5 Å². The highest BCUT2D eigenvalue weighted by atomic mass is 19.1. The molecule has 0 aliphatic rings. The summed E-state index contributed by atoms with van der Waals surface area (Å²) in [4.78, 5) is 12.4. The van der Waals surface area contributed by atoms with E-state index >= 15 is 0 Å². The molecule has 0 radical (unpaired) electrons. The predicted molar refractivity (Wildman–Crippen MR) is 77.2 cm³/mol. The number of carbonyl (C=O) groups is 1. The fourth-order valence-corrected chi connectivity index (χ4v) is 2.34. The van der Waals surface area contributed by atoms with E-state index in [1.54, 1.807) is 26.0 Å². The van der Waals surface area contributed by atoms with E-state index in [-0.39, 0.29) is 13.0 Å². The van der Waals surface area contributed by atoms with Gasteiger partial charge in [0.05, 0.1) is 18.3 Å². The van der Waals surface area contributed by atoms with Crippen molar-refractivity contribution in [2.45, 2.75) is 25.7 Å². The first-order valence-electron chi connectivity index (χ1n) is 6.72. The van der Waals surface area contributed by atoms with E-state index in [1.807, 2.05) is 0 Å². The molecule has 0 amide bonds. The second-order valence-corrected chi connectivity index (χ2v) is 5.04. The van der Waals surface area contributed by atoms with Gasteiger partial charge in [-0.2, -0.15) is 0 Å². The van der Waals surface area contributed by atoms with Crippen LogP contribution in [-0.2, 0) is 21.4 Å². The van der Waals surface area contributed by atoms with Gasteiger partial charge in [-0.3, -0.25) is 4.79 Å². The maximum Gasteiger partial charge on any atom is 0.316 e. The molecule has 2 rings (SSSR count). The Hall–Kier alpha value is -2.30. The predicted octanol–water partition coefficient (Wildman–Crippen LogP) is 3.06. The lowest BCUT2D eigenvalue weighted by Crippen LogP contribution is -2.37. The zero-order valence-corrected chi connectivity index (χ0v) is 12.1. The molecule has 1 unspecified atom stereocenters. The van der Waals surface area contributed by atoms with Crippen molar-refractivity contribution in [2.24, 2.45) is 0 Å². The number of hydrogen-bond acceptors (Lipinski definition) is 4. The van der Waals surface area contributed by atoms with Crippen LogP contribution in [-0.4, -0.2) is 12.6 Å². The highest BCUT2D eigenvalue weighted by Crippen LogP contribution is 2.34. The number of rotatable bonds is 5. The SMILES string of the molecule is CCOC(=O)C(C)(Cc1ccco1)c1cc(F)ccc1N. The van der Waals surface area contributed by atoms with Gasteiger partial charge in [0, 0.05) is 12.1 Å². The van der Waals surface area contributed by atoms with Gasteiger partial charge in [0.1, 0.15) is 11.6 Å². The maximum absolute atomic E-state index is 13.6. The number of furan rings is 1. The average molecular weight is 291 g/mol. The van der Waals surface area contributed by atoms with Crippen molar-refractivity contribution >= 4 is 11.7 Å². The molecule has 1 atom stereocenters. The molecule has 1 heterocycles. The minimum atomic E-state index is -1.11. The summed E-state index contributed by atoms with van der Waals surface area (Å²) in [6, 6.07) is 7.47. The van der Waals surface area contributed by atoms with Crippen LogP contribution in [0.4, 0.5) is 10.1 Å². The molecule has 1 aromatic carbocycles. The van der Waals surface area contributed by atoms with Crippen molar-refractivity contribution in [3.8, 4) is 0 Å². The van der Waals surface area contributed by atoms with E-state index in [0.29, 0.717) is 17.0 Å². The molecule has 0 saturated heterocycles. The molecule has 0 bridgehead atoms. The van der Waals surface area contributed by atoms with E-state index < -0.39 is 17.2 Å². The second-order valence-electron chi connectivity index (χ2n) is 5.04. The van der Waals surface area contributed by atoms with Crippen LogP contribution < -0.4 is 5.73 Å². The first-order chi connectivity index (χ1) is 9.97. The van der Waals surface area contributed by atoms with Gasteiger partial charge < -0.3 is 14.9 Å². The number of esters is 1. The Morgan fingerprint density at radius 3 is 2.81 bits per heavy atom. The fraction of sp³-hybridized carbons (Fsp3) is 0.312. The number of nitrogen functional groups attached to an aromatic ring is 1. The summed E-state index contributed by atoms with van der Waals surface area (Å²) < 4.78 is 24.0. The van der Waals surface area contributed by atoms with Crippen LogP contribution in [0.15, 0.2) is 41.0 Å². The normalized spacial score (nSPS) is 13.7. The molecule has 21 heavy (non-hydrogen) atoms. The lowest BCUT2D eigenvalue weighted by atomic mass is 9.77. The molecule has 1 aromatic heterocycles. The van der Waals surface area contributed by atoms with Crippen molar-refractivity contribution in [1.29, 1.82) is 0 Å². The van der Waals surface area contributed by atoms with Gasteiger partial charge in [-0.25, -0.2) is 4.39 Å². The molecule has 0 fully saturated rings. The molecule has 5 heteroatoms. The zero-order valence-electron chi connectivity index (χ0n) is 12.1. The summed E-state index contributed by atoms with van der Waals surface area (Å²) in [5.41, 5.74) is 5.57. The quantitative estimate of drug-likeness (QED) is 0.679. The van der Waals surface area contributed by atoms with Crippen molar-refractivity contribution in [3.63, 3.8) is 0 Å². The lowest BCUT2D eigenvalue weighted by molar-refractivity contribution is -0.149. The van der Waals surface area contributed by atoms with Crippen molar-refractivity contribution in [2.75, 3.05) is 12.3 Å². The molecule has 0 aliphatic carbocycles. The summed E-state index contributed by atoms with van der Waals surface area (Å²) in [7, 11) is 0. The van der Waals surface area contributed by atoms with Crippen LogP contribution in [0.1, 0.15) is 25.2 Å². The Morgan fingerprint density at radius 1 is 1.43 bits per heavy atom. The molecule has 2 N–H and O–H groups in total. The topological polar surface area (TPSA) is 65.5 Å². The fourth-order valence-electron chi connectivity index (χ4n) is 2.34. The van der Waals surface area contributed by atoms with Gasteiger partial charge in [-0.05, 0) is 49.7 Å². The van der Waals surface area contributed by atoms with Gasteiger partial charge in [-0.15, -0.1) is 0 Å². The molecular weight excluding hydrogens is 273 g/mol. The lowest BCUT2D eigenvalue weighted by Gasteiger charge is -2.28. The number of halogens is 1. The highest BCUT2D eigenvalue weighted by Gasteiger charge is 2.39. The van der Waals surface area contributed by atoms with E-state index in [2.05, 4.69) is 0 Å². The van der Waals surface area contributed by atoms with Crippen LogP contribution in [0.3, 0.4) is 0 Å². The Morgan fingerprint density at radius 2 is 2.19 bits per heavy atom. The van der Waals surface area contributed by atoms with E-state index in [9.17, 15) is 9.18 Å². The van der Waals surface area contributed by atoms with Crippen LogP contribution in [0.2, 0.25) is 0 Å². The van der Waals surface area contributed by atoms with Gasteiger partial charge in [0.15, 0.2) is 0 Å². The monoisotopic (exact) mass is 291 g/mol. The second kappa shape index (κ2) is 5.99. The maximum atomic E-state index is 13.6. The van der Waals surface area contributed by atoms with Crippen LogP contribution in [0, 0.1) is 5.82 Å². The van der Waals surface area contributed by atoms with Gasteiger partial charge in [0.25, 0.3) is 0 Å². The summed E-state index contributed by atoms with van der Waals surface area (Å²) in [5.74, 6) is -0.304. The standard InChI is InChI=1S/C16H18FNO3/c1-3-20-15(19)16(2,10-12-5-4-8-21-12)13-9-11(17)6-7-14(13)18/h4-9H,3,10,18H2,1-2H3. The van der Waals surface area contributed by atoms with Crippen molar-refractivity contribution < 1.29 is 18.3 Å². The molecule has 112 valence electrons. The smallest absolute Gasteiger partial charge is 0.316 e. The van der Waals surface area contributed by atoms with Crippen LogP contribution in [0.25, 0.3) is 0 Å². The van der Waals surface area contributed by atoms with Crippen LogP contribution >= 0.6 is 0 Å². The van der Waals surface area contributed by atoms with Gasteiger partial charge in [0.2, 0.25) is 0 Å². The number of benzene rings is 1. The first kappa shape index (κ1) is 15.1. The summed E-state index contributed by atoms with van der Waals surface area (Å²) in [6.45, 7) is 3.64. The Balaban J connectivity index is 2.49. The minimum Gasteiger partial charge on any atom is -0.469 e. The third-order valence-corrected chi connectivity index (χ3v) is 3.44. The number of carbonyl (C=O) groups excluding carboxylic acids is 1. The highest BCUT2D eigenvalue weighted by molar-refractivity contribution is 5.85. The largest absolute Gasteiger partial charge is 0.469 e. The van der Waals surface area contributed by atoms with Gasteiger partial charge >= 0.3 is 5.97 Å². The third-order valence-electron chi connectivity index (χ3n) is 3.44. The summed E-state index contributed by atoms with van der Waals surface area (Å²) in [5, 5.41) is 0. The Bertz CT molecular complexity index is 624. The number of nitrogens with two attached hydrogens (primary N) is 1. The zero-order chi connectivity index (χ0) is 15.5. The van der Waals surface area contributed by atoms with Crippen molar-refractivity contribution in [3.05, 3.63) is 53.7 Å². The molecule has 0 aliphatic heterocycles. The Kier molecular flexibility index (Phi) is 4.31. The molecule has 0 spiro atoms. The molecule has 4 nitrogen and oxygen atoms in total.